The van der Waals surface area contributed by atoms with Crippen molar-refractivity contribution < 1.29 is 0 Å². The third-order valence-electron chi connectivity index (χ3n) is 3.79. The molecular formula is C16H28N4. The molecule has 4 heteroatoms. The van der Waals surface area contributed by atoms with Gasteiger partial charge in [-0.15, -0.1) is 0 Å². The fourth-order valence-electron chi connectivity index (χ4n) is 2.50. The molecule has 2 heterocycles. The highest BCUT2D eigenvalue weighted by atomic mass is 15.1. The van der Waals surface area contributed by atoms with Gasteiger partial charge in [0, 0.05) is 32.4 Å². The van der Waals surface area contributed by atoms with Crippen molar-refractivity contribution in [3.8, 4) is 0 Å². The Morgan fingerprint density at radius 1 is 1.20 bits per heavy atom. The minimum absolute atomic E-state index is 0.913. The summed E-state index contributed by atoms with van der Waals surface area (Å²) < 4.78 is 0. The number of unbranched alkanes of at least 4 members (excludes halogenated alkanes) is 1. The van der Waals surface area contributed by atoms with Crippen LogP contribution in [0.3, 0.4) is 0 Å². The van der Waals surface area contributed by atoms with Crippen LogP contribution in [-0.2, 0) is 6.54 Å². The standard InChI is InChI=1S/C16H28N4/c1-2-3-8-18-16-7-6-15(14-19-16)13-17-9-12-20-10-4-5-11-20/h6-7,14,17H,2-5,8-13H2,1H3,(H,18,19). The van der Waals surface area contributed by atoms with Crippen LogP contribution in [0.1, 0.15) is 38.2 Å². The Labute approximate surface area is 123 Å². The summed E-state index contributed by atoms with van der Waals surface area (Å²) in [6, 6.07) is 4.23. The van der Waals surface area contributed by atoms with Gasteiger partial charge in [0.25, 0.3) is 0 Å². The fourth-order valence-corrected chi connectivity index (χ4v) is 2.50. The van der Waals surface area contributed by atoms with Gasteiger partial charge in [0.2, 0.25) is 0 Å². The third kappa shape index (κ3) is 5.47. The number of nitrogens with zero attached hydrogens (tertiary/aromatic N) is 2. The fraction of sp³-hybridized carbons (Fsp3) is 0.688. The minimum atomic E-state index is 0.913. The smallest absolute Gasteiger partial charge is 0.125 e. The zero-order chi connectivity index (χ0) is 14.0. The number of pyridine rings is 1. The lowest BCUT2D eigenvalue weighted by Crippen LogP contribution is -2.29. The Kier molecular flexibility index (Phi) is 6.81. The number of likely N-dealkylation sites (tertiary alicyclic amines) is 1. The Morgan fingerprint density at radius 3 is 2.75 bits per heavy atom. The largest absolute Gasteiger partial charge is 0.370 e. The number of hydrogen-bond donors (Lipinski definition) is 2. The summed E-state index contributed by atoms with van der Waals surface area (Å²) in [5.74, 6) is 0.985. The first-order chi connectivity index (χ1) is 9.88. The van der Waals surface area contributed by atoms with Crippen molar-refractivity contribution >= 4 is 5.82 Å². The molecule has 112 valence electrons. The Balaban J connectivity index is 1.60. The van der Waals surface area contributed by atoms with Crippen molar-refractivity contribution in [2.24, 2.45) is 0 Å². The first-order valence-corrected chi connectivity index (χ1v) is 8.00. The highest BCUT2D eigenvalue weighted by Crippen LogP contribution is 2.07. The van der Waals surface area contributed by atoms with Crippen molar-refractivity contribution in [2.75, 3.05) is 38.0 Å². The molecule has 0 aliphatic carbocycles. The van der Waals surface area contributed by atoms with E-state index in [2.05, 4.69) is 39.6 Å². The van der Waals surface area contributed by atoms with E-state index in [0.29, 0.717) is 0 Å². The summed E-state index contributed by atoms with van der Waals surface area (Å²) in [7, 11) is 0. The van der Waals surface area contributed by atoms with Gasteiger partial charge in [0.1, 0.15) is 5.82 Å². The second-order valence-corrected chi connectivity index (χ2v) is 5.56. The van der Waals surface area contributed by atoms with E-state index >= 15 is 0 Å². The summed E-state index contributed by atoms with van der Waals surface area (Å²) in [6.45, 7) is 8.92. The normalized spacial score (nSPS) is 15.7. The predicted molar refractivity (Wildman–Crippen MR) is 85.0 cm³/mol. The molecule has 0 bridgehead atoms. The van der Waals surface area contributed by atoms with Gasteiger partial charge < -0.3 is 15.5 Å². The molecule has 0 atom stereocenters. The molecule has 0 unspecified atom stereocenters. The van der Waals surface area contributed by atoms with E-state index in [4.69, 9.17) is 0 Å². The van der Waals surface area contributed by atoms with Crippen LogP contribution in [0.4, 0.5) is 5.82 Å². The topological polar surface area (TPSA) is 40.2 Å². The van der Waals surface area contributed by atoms with E-state index in [-0.39, 0.29) is 0 Å². The SMILES string of the molecule is CCCCNc1ccc(CNCCN2CCCC2)cn1. The van der Waals surface area contributed by atoms with Crippen molar-refractivity contribution in [1.29, 1.82) is 0 Å². The summed E-state index contributed by atoms with van der Waals surface area (Å²) in [6.07, 6.45) is 7.12. The molecule has 1 aromatic heterocycles. The quantitative estimate of drug-likeness (QED) is 0.680. The second kappa shape index (κ2) is 8.93. The maximum absolute atomic E-state index is 4.45. The summed E-state index contributed by atoms with van der Waals surface area (Å²) >= 11 is 0. The molecule has 20 heavy (non-hydrogen) atoms. The molecule has 2 rings (SSSR count). The average molecular weight is 276 g/mol. The lowest BCUT2D eigenvalue weighted by Gasteiger charge is -2.14. The summed E-state index contributed by atoms with van der Waals surface area (Å²) in [5, 5.41) is 6.84. The molecule has 0 spiro atoms. The van der Waals surface area contributed by atoms with Crippen LogP contribution in [0.5, 0.6) is 0 Å². The highest BCUT2D eigenvalue weighted by Gasteiger charge is 2.09. The molecular weight excluding hydrogens is 248 g/mol. The first-order valence-electron chi connectivity index (χ1n) is 8.00. The first kappa shape index (κ1) is 15.3. The molecule has 4 nitrogen and oxygen atoms in total. The van der Waals surface area contributed by atoms with Gasteiger partial charge in [-0.1, -0.05) is 19.4 Å². The van der Waals surface area contributed by atoms with Gasteiger partial charge in [-0.25, -0.2) is 4.98 Å². The van der Waals surface area contributed by atoms with Crippen molar-refractivity contribution in [1.82, 2.24) is 15.2 Å². The highest BCUT2D eigenvalue weighted by molar-refractivity contribution is 5.35. The van der Waals surface area contributed by atoms with E-state index in [9.17, 15) is 0 Å². The Bertz CT molecular complexity index is 357. The van der Waals surface area contributed by atoms with Crippen LogP contribution in [0, 0.1) is 0 Å². The van der Waals surface area contributed by atoms with Gasteiger partial charge in [0.15, 0.2) is 0 Å². The summed E-state index contributed by atoms with van der Waals surface area (Å²) in [4.78, 5) is 6.98. The number of hydrogen-bond acceptors (Lipinski definition) is 4. The number of aromatic nitrogens is 1. The molecule has 0 aromatic carbocycles. The van der Waals surface area contributed by atoms with E-state index in [1.54, 1.807) is 0 Å². The van der Waals surface area contributed by atoms with Crippen LogP contribution in [0.2, 0.25) is 0 Å². The van der Waals surface area contributed by atoms with E-state index in [1.165, 1.54) is 50.9 Å². The van der Waals surface area contributed by atoms with Crippen LogP contribution < -0.4 is 10.6 Å². The van der Waals surface area contributed by atoms with Gasteiger partial charge in [0.05, 0.1) is 0 Å². The van der Waals surface area contributed by atoms with Crippen molar-refractivity contribution in [3.63, 3.8) is 0 Å². The number of anilines is 1. The molecule has 1 aliphatic rings. The maximum Gasteiger partial charge on any atom is 0.125 e. The molecule has 0 saturated carbocycles. The number of nitrogens with one attached hydrogen (secondary N) is 2. The van der Waals surface area contributed by atoms with Gasteiger partial charge in [-0.3, -0.25) is 0 Å². The molecule has 1 aromatic rings. The molecule has 0 amide bonds. The monoisotopic (exact) mass is 276 g/mol. The van der Waals surface area contributed by atoms with Crippen LogP contribution in [0.15, 0.2) is 18.3 Å². The molecule has 1 saturated heterocycles. The van der Waals surface area contributed by atoms with Crippen molar-refractivity contribution in [2.45, 2.75) is 39.2 Å². The van der Waals surface area contributed by atoms with Gasteiger partial charge in [-0.05, 0) is 44.0 Å². The van der Waals surface area contributed by atoms with E-state index < -0.39 is 0 Å². The predicted octanol–water partition coefficient (Wildman–Crippen LogP) is 2.48. The lowest BCUT2D eigenvalue weighted by atomic mass is 10.2. The number of rotatable bonds is 9. The molecule has 2 N–H and O–H groups in total. The van der Waals surface area contributed by atoms with Crippen molar-refractivity contribution in [3.05, 3.63) is 23.9 Å². The second-order valence-electron chi connectivity index (χ2n) is 5.56. The van der Waals surface area contributed by atoms with Crippen LogP contribution in [-0.4, -0.2) is 42.6 Å². The molecule has 0 radical (unpaired) electrons. The zero-order valence-electron chi connectivity index (χ0n) is 12.7. The third-order valence-corrected chi connectivity index (χ3v) is 3.79. The van der Waals surface area contributed by atoms with E-state index in [1.807, 2.05) is 6.20 Å². The molecule has 1 aliphatic heterocycles. The minimum Gasteiger partial charge on any atom is -0.370 e. The molecule has 1 fully saturated rings. The summed E-state index contributed by atoms with van der Waals surface area (Å²) in [5.41, 5.74) is 1.26. The van der Waals surface area contributed by atoms with Gasteiger partial charge >= 0.3 is 0 Å². The van der Waals surface area contributed by atoms with Crippen LogP contribution in [0.25, 0.3) is 0 Å². The van der Waals surface area contributed by atoms with Crippen LogP contribution >= 0.6 is 0 Å². The zero-order valence-corrected chi connectivity index (χ0v) is 12.7. The average Bonchev–Trinajstić information content (AvgIpc) is 2.99. The maximum atomic E-state index is 4.45. The van der Waals surface area contributed by atoms with E-state index in [0.717, 1.165) is 25.5 Å². The Morgan fingerprint density at radius 2 is 2.05 bits per heavy atom. The van der Waals surface area contributed by atoms with Gasteiger partial charge in [-0.2, -0.15) is 0 Å². The Hall–Kier alpha value is -1.13. The lowest BCUT2D eigenvalue weighted by molar-refractivity contribution is 0.335.